The van der Waals surface area contributed by atoms with Crippen molar-refractivity contribution < 1.29 is 9.59 Å². The van der Waals surface area contributed by atoms with E-state index in [4.69, 9.17) is 5.73 Å². The van der Waals surface area contributed by atoms with Crippen molar-refractivity contribution in [3.63, 3.8) is 0 Å². The van der Waals surface area contributed by atoms with Crippen LogP contribution in [0.5, 0.6) is 0 Å². The van der Waals surface area contributed by atoms with Crippen LogP contribution in [0.3, 0.4) is 0 Å². The lowest BCUT2D eigenvalue weighted by molar-refractivity contribution is -0.119. The quantitative estimate of drug-likeness (QED) is 0.824. The van der Waals surface area contributed by atoms with Crippen molar-refractivity contribution in [2.45, 2.75) is 31.7 Å². The van der Waals surface area contributed by atoms with E-state index in [1.165, 1.54) is 0 Å². The predicted octanol–water partition coefficient (Wildman–Crippen LogP) is 2.16. The minimum absolute atomic E-state index is 0.00890. The van der Waals surface area contributed by atoms with Gasteiger partial charge in [0.15, 0.2) is 0 Å². The largest absolute Gasteiger partial charge is 0.368 e. The number of nitrogens with zero attached hydrogens (tertiary/aromatic N) is 1. The minimum Gasteiger partial charge on any atom is -0.368 e. The molecule has 1 aliphatic rings. The van der Waals surface area contributed by atoms with E-state index in [9.17, 15) is 9.59 Å². The Hall–Kier alpha value is -1.11. The van der Waals surface area contributed by atoms with Crippen LogP contribution in [0.1, 0.15) is 36.0 Å². The lowest BCUT2D eigenvalue weighted by Crippen LogP contribution is -2.44. The number of rotatable bonds is 4. The summed E-state index contributed by atoms with van der Waals surface area (Å²) in [6.45, 7) is 0.00890. The second-order valence-corrected chi connectivity index (χ2v) is 6.09. The summed E-state index contributed by atoms with van der Waals surface area (Å²) in [6.07, 6.45) is 4.14. The zero-order chi connectivity index (χ0) is 13.8. The van der Waals surface area contributed by atoms with Crippen LogP contribution in [0.25, 0.3) is 0 Å². The average molecular weight is 372 g/mol. The van der Waals surface area contributed by atoms with E-state index >= 15 is 0 Å². The van der Waals surface area contributed by atoms with Gasteiger partial charge < -0.3 is 10.6 Å². The van der Waals surface area contributed by atoms with E-state index in [0.29, 0.717) is 5.56 Å². The molecule has 2 N–H and O–H groups in total. The molecule has 102 valence electrons. The highest BCUT2D eigenvalue weighted by atomic mass is 127. The maximum atomic E-state index is 12.5. The molecular weight excluding hydrogens is 355 g/mol. The van der Waals surface area contributed by atoms with E-state index < -0.39 is 5.91 Å². The summed E-state index contributed by atoms with van der Waals surface area (Å²) in [5, 5.41) is 0. The third-order valence-electron chi connectivity index (χ3n) is 3.42. The monoisotopic (exact) mass is 372 g/mol. The maximum absolute atomic E-state index is 12.5. The van der Waals surface area contributed by atoms with Crippen LogP contribution >= 0.6 is 22.6 Å². The first kappa shape index (κ1) is 14.3. The number of carbonyl (C=O) groups excluding carboxylic acids is 2. The average Bonchev–Trinajstić information content (AvgIpc) is 2.88. The molecule has 0 spiro atoms. The van der Waals surface area contributed by atoms with Crippen LogP contribution in [-0.4, -0.2) is 29.3 Å². The third kappa shape index (κ3) is 3.68. The molecule has 1 fully saturated rings. The normalized spacial score (nSPS) is 15.4. The van der Waals surface area contributed by atoms with Crippen LogP contribution in [0.15, 0.2) is 24.3 Å². The van der Waals surface area contributed by atoms with Gasteiger partial charge in [0.05, 0.1) is 6.54 Å². The van der Waals surface area contributed by atoms with Crippen molar-refractivity contribution in [1.29, 1.82) is 0 Å². The summed E-state index contributed by atoms with van der Waals surface area (Å²) in [6, 6.07) is 7.56. The zero-order valence-electron chi connectivity index (χ0n) is 10.6. The van der Waals surface area contributed by atoms with Gasteiger partial charge in [0.2, 0.25) is 5.91 Å². The van der Waals surface area contributed by atoms with Crippen molar-refractivity contribution in [2.24, 2.45) is 5.73 Å². The van der Waals surface area contributed by atoms with Crippen molar-refractivity contribution in [1.82, 2.24) is 4.90 Å². The highest BCUT2D eigenvalue weighted by Gasteiger charge is 2.28. The Morgan fingerprint density at radius 1 is 1.32 bits per heavy atom. The fourth-order valence-corrected chi connectivity index (χ4v) is 3.08. The molecule has 0 atom stereocenters. The number of hydrogen-bond donors (Lipinski definition) is 1. The predicted molar refractivity (Wildman–Crippen MR) is 81.6 cm³/mol. The van der Waals surface area contributed by atoms with E-state index in [1.54, 1.807) is 11.0 Å². The lowest BCUT2D eigenvalue weighted by atomic mass is 10.1. The molecule has 4 nitrogen and oxygen atoms in total. The molecule has 1 aromatic carbocycles. The van der Waals surface area contributed by atoms with E-state index in [2.05, 4.69) is 22.6 Å². The fraction of sp³-hybridized carbons (Fsp3) is 0.429. The van der Waals surface area contributed by atoms with E-state index in [0.717, 1.165) is 29.3 Å². The van der Waals surface area contributed by atoms with E-state index in [1.807, 2.05) is 18.2 Å². The van der Waals surface area contributed by atoms with Crippen molar-refractivity contribution in [3.05, 3.63) is 33.4 Å². The summed E-state index contributed by atoms with van der Waals surface area (Å²) in [7, 11) is 0. The van der Waals surface area contributed by atoms with Gasteiger partial charge in [-0.15, -0.1) is 0 Å². The van der Waals surface area contributed by atoms with Gasteiger partial charge in [-0.25, -0.2) is 0 Å². The second kappa shape index (κ2) is 6.36. The smallest absolute Gasteiger partial charge is 0.254 e. The topological polar surface area (TPSA) is 63.4 Å². The molecule has 2 rings (SSSR count). The first-order valence-electron chi connectivity index (χ1n) is 6.43. The highest BCUT2D eigenvalue weighted by molar-refractivity contribution is 14.1. The van der Waals surface area contributed by atoms with Crippen LogP contribution in [0, 0.1) is 3.57 Å². The van der Waals surface area contributed by atoms with Crippen molar-refractivity contribution in [3.8, 4) is 0 Å². The molecule has 2 amide bonds. The number of amides is 2. The van der Waals surface area contributed by atoms with Crippen molar-refractivity contribution in [2.75, 3.05) is 6.54 Å². The van der Waals surface area contributed by atoms with Gasteiger partial charge in [0.1, 0.15) is 0 Å². The molecule has 0 aliphatic heterocycles. The Kier molecular flexibility index (Phi) is 4.79. The number of nitrogens with two attached hydrogens (primary N) is 1. The first-order chi connectivity index (χ1) is 9.08. The van der Waals surface area contributed by atoms with Gasteiger partial charge in [-0.2, -0.15) is 0 Å². The van der Waals surface area contributed by atoms with Crippen LogP contribution in [0.4, 0.5) is 0 Å². The number of hydrogen-bond acceptors (Lipinski definition) is 2. The molecule has 0 saturated heterocycles. The number of benzene rings is 1. The highest BCUT2D eigenvalue weighted by Crippen LogP contribution is 2.25. The maximum Gasteiger partial charge on any atom is 0.254 e. The molecule has 5 heteroatoms. The summed E-state index contributed by atoms with van der Waals surface area (Å²) in [4.78, 5) is 25.4. The fourth-order valence-electron chi connectivity index (χ4n) is 2.54. The molecule has 0 aromatic heterocycles. The van der Waals surface area contributed by atoms with Gasteiger partial charge in [0.25, 0.3) is 5.91 Å². The molecule has 1 aliphatic carbocycles. The zero-order valence-corrected chi connectivity index (χ0v) is 12.8. The van der Waals surface area contributed by atoms with Crippen LogP contribution in [-0.2, 0) is 4.79 Å². The molecule has 0 heterocycles. The number of halogens is 1. The number of carbonyl (C=O) groups is 2. The third-order valence-corrected chi connectivity index (χ3v) is 4.10. The molecule has 0 bridgehead atoms. The Balaban J connectivity index is 2.21. The van der Waals surface area contributed by atoms with Gasteiger partial charge >= 0.3 is 0 Å². The van der Waals surface area contributed by atoms with Gasteiger partial charge in [0, 0.05) is 15.2 Å². The molecule has 1 saturated carbocycles. The summed E-state index contributed by atoms with van der Waals surface area (Å²) >= 11 is 2.17. The van der Waals surface area contributed by atoms with Crippen LogP contribution < -0.4 is 5.73 Å². The van der Waals surface area contributed by atoms with E-state index in [-0.39, 0.29) is 18.5 Å². The Morgan fingerprint density at radius 3 is 2.58 bits per heavy atom. The summed E-state index contributed by atoms with van der Waals surface area (Å²) in [5.74, 6) is -0.546. The SMILES string of the molecule is NC(=O)CN(C(=O)c1cccc(I)c1)C1CCCC1. The Bertz CT molecular complexity index is 484. The Labute approximate surface area is 126 Å². The Morgan fingerprint density at radius 2 is 2.00 bits per heavy atom. The first-order valence-corrected chi connectivity index (χ1v) is 7.50. The lowest BCUT2D eigenvalue weighted by Gasteiger charge is -2.27. The standard InChI is InChI=1S/C14H17IN2O2/c15-11-5-3-4-10(8-11)14(19)17(9-13(16)18)12-6-1-2-7-12/h3-5,8,12H,1-2,6-7,9H2,(H2,16,18). The summed E-state index contributed by atoms with van der Waals surface area (Å²) in [5.41, 5.74) is 5.90. The van der Waals surface area contributed by atoms with Gasteiger partial charge in [-0.1, -0.05) is 18.9 Å². The minimum atomic E-state index is -0.453. The van der Waals surface area contributed by atoms with Gasteiger partial charge in [-0.05, 0) is 53.6 Å². The molecular formula is C14H17IN2O2. The number of primary amides is 1. The molecule has 0 unspecified atom stereocenters. The summed E-state index contributed by atoms with van der Waals surface area (Å²) < 4.78 is 1.01. The molecule has 1 aromatic rings. The van der Waals surface area contributed by atoms with Crippen molar-refractivity contribution >= 4 is 34.4 Å². The van der Waals surface area contributed by atoms with Gasteiger partial charge in [-0.3, -0.25) is 9.59 Å². The van der Waals surface area contributed by atoms with Crippen LogP contribution in [0.2, 0.25) is 0 Å². The second-order valence-electron chi connectivity index (χ2n) is 4.85. The molecule has 19 heavy (non-hydrogen) atoms. The molecule has 0 radical (unpaired) electrons.